The normalized spacial score (nSPS) is 10.1. The zero-order valence-corrected chi connectivity index (χ0v) is 11.6. The Labute approximate surface area is 114 Å². The quantitative estimate of drug-likeness (QED) is 0.784. The van der Waals surface area contributed by atoms with Crippen LogP contribution in [0.1, 0.15) is 16.7 Å². The Morgan fingerprint density at radius 2 is 1.74 bits per heavy atom. The molecule has 0 amide bonds. The average Bonchev–Trinajstić information content (AvgIpc) is 2.43. The highest BCUT2D eigenvalue weighted by Crippen LogP contribution is 2.34. The van der Waals surface area contributed by atoms with Crippen molar-refractivity contribution in [2.24, 2.45) is 0 Å². The lowest BCUT2D eigenvalue weighted by molar-refractivity contribution is 0.378. The van der Waals surface area contributed by atoms with Gasteiger partial charge in [0.25, 0.3) is 0 Å². The summed E-state index contributed by atoms with van der Waals surface area (Å²) in [5.74, 6) is 2.27. The monoisotopic (exact) mass is 254 g/mol. The molecule has 0 bridgehead atoms. The molecule has 0 atom stereocenters. The van der Waals surface area contributed by atoms with E-state index in [1.165, 1.54) is 5.56 Å². The molecule has 0 N–H and O–H groups in total. The molecule has 0 unspecified atom stereocenters. The SMILES string of the molecule is C=Cc1ccc(Oc2cc(C)ccc2C)c(OC)c1. The molecule has 0 aliphatic heterocycles. The Bertz CT molecular complexity index is 600. The van der Waals surface area contributed by atoms with Crippen LogP contribution in [0, 0.1) is 13.8 Å². The summed E-state index contributed by atoms with van der Waals surface area (Å²) in [6.07, 6.45) is 1.78. The topological polar surface area (TPSA) is 18.5 Å². The molecule has 0 fully saturated rings. The number of hydrogen-bond donors (Lipinski definition) is 0. The van der Waals surface area contributed by atoms with Crippen LogP contribution in [0.4, 0.5) is 0 Å². The molecule has 0 aliphatic carbocycles. The summed E-state index contributed by atoms with van der Waals surface area (Å²) in [6.45, 7) is 7.82. The van der Waals surface area contributed by atoms with E-state index in [1.54, 1.807) is 13.2 Å². The molecule has 2 nitrogen and oxygen atoms in total. The van der Waals surface area contributed by atoms with Crippen molar-refractivity contribution in [2.75, 3.05) is 7.11 Å². The summed E-state index contributed by atoms with van der Waals surface area (Å²) >= 11 is 0. The third-order valence-corrected chi connectivity index (χ3v) is 2.99. The second-order valence-electron chi connectivity index (χ2n) is 4.49. The minimum absolute atomic E-state index is 0.707. The average molecular weight is 254 g/mol. The highest BCUT2D eigenvalue weighted by atomic mass is 16.5. The highest BCUT2D eigenvalue weighted by molar-refractivity contribution is 5.55. The fourth-order valence-electron chi connectivity index (χ4n) is 1.83. The third kappa shape index (κ3) is 2.97. The van der Waals surface area contributed by atoms with E-state index in [9.17, 15) is 0 Å². The van der Waals surface area contributed by atoms with Crippen molar-refractivity contribution in [1.82, 2.24) is 0 Å². The van der Waals surface area contributed by atoms with Gasteiger partial charge in [-0.15, -0.1) is 0 Å². The lowest BCUT2D eigenvalue weighted by Crippen LogP contribution is -1.93. The predicted octanol–water partition coefficient (Wildman–Crippen LogP) is 4.75. The molecular formula is C17H18O2. The van der Waals surface area contributed by atoms with E-state index < -0.39 is 0 Å². The zero-order valence-electron chi connectivity index (χ0n) is 11.6. The van der Waals surface area contributed by atoms with Gasteiger partial charge in [-0.25, -0.2) is 0 Å². The Hall–Kier alpha value is -2.22. The van der Waals surface area contributed by atoms with Gasteiger partial charge in [-0.1, -0.05) is 30.9 Å². The van der Waals surface area contributed by atoms with E-state index >= 15 is 0 Å². The van der Waals surface area contributed by atoms with Gasteiger partial charge in [0.05, 0.1) is 7.11 Å². The van der Waals surface area contributed by atoms with Crippen molar-refractivity contribution in [3.63, 3.8) is 0 Å². The first kappa shape index (κ1) is 13.2. The number of benzene rings is 2. The summed E-state index contributed by atoms with van der Waals surface area (Å²) in [6, 6.07) is 11.9. The summed E-state index contributed by atoms with van der Waals surface area (Å²) in [5, 5.41) is 0. The first-order valence-corrected chi connectivity index (χ1v) is 6.19. The first-order chi connectivity index (χ1) is 9.13. The zero-order chi connectivity index (χ0) is 13.8. The van der Waals surface area contributed by atoms with Crippen LogP contribution in [-0.2, 0) is 0 Å². The predicted molar refractivity (Wildman–Crippen MR) is 79.1 cm³/mol. The third-order valence-electron chi connectivity index (χ3n) is 2.99. The Kier molecular flexibility index (Phi) is 3.91. The molecular weight excluding hydrogens is 236 g/mol. The smallest absolute Gasteiger partial charge is 0.169 e. The second-order valence-corrected chi connectivity index (χ2v) is 4.49. The Morgan fingerprint density at radius 3 is 2.42 bits per heavy atom. The molecule has 0 saturated heterocycles. The molecule has 0 aromatic heterocycles. The van der Waals surface area contributed by atoms with E-state index in [-0.39, 0.29) is 0 Å². The molecule has 0 radical (unpaired) electrons. The lowest BCUT2D eigenvalue weighted by atomic mass is 10.1. The maximum atomic E-state index is 5.95. The van der Waals surface area contributed by atoms with Crippen molar-refractivity contribution in [3.05, 3.63) is 59.7 Å². The molecule has 2 rings (SSSR count). The van der Waals surface area contributed by atoms with E-state index in [4.69, 9.17) is 9.47 Å². The lowest BCUT2D eigenvalue weighted by Gasteiger charge is -2.13. The molecule has 19 heavy (non-hydrogen) atoms. The highest BCUT2D eigenvalue weighted by Gasteiger charge is 2.08. The van der Waals surface area contributed by atoms with Gasteiger partial charge < -0.3 is 9.47 Å². The minimum atomic E-state index is 0.707. The molecule has 0 saturated carbocycles. The summed E-state index contributed by atoms with van der Waals surface area (Å²) in [5.41, 5.74) is 3.27. The number of ether oxygens (including phenoxy) is 2. The van der Waals surface area contributed by atoms with Gasteiger partial charge in [0.2, 0.25) is 0 Å². The van der Waals surface area contributed by atoms with E-state index in [1.807, 2.05) is 38.1 Å². The first-order valence-electron chi connectivity index (χ1n) is 6.19. The molecule has 0 aliphatic rings. The molecule has 0 spiro atoms. The number of methoxy groups -OCH3 is 1. The van der Waals surface area contributed by atoms with Crippen molar-refractivity contribution >= 4 is 6.08 Å². The van der Waals surface area contributed by atoms with Crippen LogP contribution in [0.2, 0.25) is 0 Å². The van der Waals surface area contributed by atoms with E-state index in [2.05, 4.69) is 18.7 Å². The van der Waals surface area contributed by atoms with Gasteiger partial charge in [-0.05, 0) is 48.7 Å². The Balaban J connectivity index is 2.37. The van der Waals surface area contributed by atoms with Gasteiger partial charge in [0.1, 0.15) is 5.75 Å². The molecule has 98 valence electrons. The van der Waals surface area contributed by atoms with Gasteiger partial charge >= 0.3 is 0 Å². The Morgan fingerprint density at radius 1 is 0.947 bits per heavy atom. The number of rotatable bonds is 4. The number of aryl methyl sites for hydroxylation is 2. The van der Waals surface area contributed by atoms with Gasteiger partial charge in [-0.2, -0.15) is 0 Å². The minimum Gasteiger partial charge on any atom is -0.493 e. The standard InChI is InChI=1S/C17H18O2/c1-5-14-8-9-15(17(11-14)18-4)19-16-10-12(2)6-7-13(16)3/h5-11H,1H2,2-4H3. The maximum absolute atomic E-state index is 5.95. The van der Waals surface area contributed by atoms with E-state index in [0.29, 0.717) is 11.5 Å². The van der Waals surface area contributed by atoms with Crippen LogP contribution in [0.3, 0.4) is 0 Å². The largest absolute Gasteiger partial charge is 0.493 e. The molecule has 2 aromatic rings. The second kappa shape index (κ2) is 5.61. The molecule has 2 aromatic carbocycles. The van der Waals surface area contributed by atoms with Gasteiger partial charge in [0, 0.05) is 0 Å². The van der Waals surface area contributed by atoms with Gasteiger partial charge in [-0.3, -0.25) is 0 Å². The van der Waals surface area contributed by atoms with Crippen molar-refractivity contribution < 1.29 is 9.47 Å². The molecule has 2 heteroatoms. The van der Waals surface area contributed by atoms with Crippen molar-refractivity contribution in [3.8, 4) is 17.2 Å². The summed E-state index contributed by atoms with van der Waals surface area (Å²) in [4.78, 5) is 0. The van der Waals surface area contributed by atoms with Crippen LogP contribution >= 0.6 is 0 Å². The van der Waals surface area contributed by atoms with Crippen molar-refractivity contribution in [2.45, 2.75) is 13.8 Å². The summed E-state index contributed by atoms with van der Waals surface area (Å²) in [7, 11) is 1.64. The van der Waals surface area contributed by atoms with Crippen molar-refractivity contribution in [1.29, 1.82) is 0 Å². The number of hydrogen-bond acceptors (Lipinski definition) is 2. The maximum Gasteiger partial charge on any atom is 0.169 e. The fraction of sp³-hybridized carbons (Fsp3) is 0.176. The van der Waals surface area contributed by atoms with Crippen LogP contribution < -0.4 is 9.47 Å². The van der Waals surface area contributed by atoms with Crippen LogP contribution in [0.25, 0.3) is 6.08 Å². The van der Waals surface area contributed by atoms with Crippen LogP contribution in [-0.4, -0.2) is 7.11 Å². The van der Waals surface area contributed by atoms with Gasteiger partial charge in [0.15, 0.2) is 11.5 Å². The van der Waals surface area contributed by atoms with Crippen LogP contribution in [0.5, 0.6) is 17.2 Å². The van der Waals surface area contributed by atoms with Crippen LogP contribution in [0.15, 0.2) is 43.0 Å². The summed E-state index contributed by atoms with van der Waals surface area (Å²) < 4.78 is 11.3. The van der Waals surface area contributed by atoms with E-state index in [0.717, 1.165) is 16.9 Å². The molecule has 0 heterocycles. The fourth-order valence-corrected chi connectivity index (χ4v) is 1.83.